The fourth-order valence-electron chi connectivity index (χ4n) is 1.20. The summed E-state index contributed by atoms with van der Waals surface area (Å²) in [6.07, 6.45) is -0.518. The Morgan fingerprint density at radius 2 is 2.17 bits per heavy atom. The molecule has 0 radical (unpaired) electrons. The predicted molar refractivity (Wildman–Crippen MR) is 61.2 cm³/mol. The number of aromatic nitrogens is 1. The second kappa shape index (κ2) is 6.06. The summed E-state index contributed by atoms with van der Waals surface area (Å²) in [6, 6.07) is 2.36. The van der Waals surface area contributed by atoms with Gasteiger partial charge >= 0.3 is 5.97 Å². The average molecular weight is 273 g/mol. The van der Waals surface area contributed by atoms with Gasteiger partial charge in [0.05, 0.1) is 18.0 Å². The highest BCUT2D eigenvalue weighted by Crippen LogP contribution is 2.19. The fourth-order valence-corrected chi connectivity index (χ4v) is 1.36. The topological polar surface area (TPSA) is 99.4 Å². The zero-order chi connectivity index (χ0) is 13.7. The number of ether oxygens (including phenoxy) is 1. The molecule has 0 fully saturated rings. The minimum Gasteiger partial charge on any atom is -0.460 e. The summed E-state index contributed by atoms with van der Waals surface area (Å²) in [5.74, 6) is -1.96. The van der Waals surface area contributed by atoms with Gasteiger partial charge in [-0.05, 0) is 13.0 Å². The van der Waals surface area contributed by atoms with E-state index >= 15 is 0 Å². The van der Waals surface area contributed by atoms with Gasteiger partial charge in [0.2, 0.25) is 5.78 Å². The first-order valence-corrected chi connectivity index (χ1v) is 5.33. The number of ketones is 1. The third kappa shape index (κ3) is 3.49. The second-order valence-corrected chi connectivity index (χ2v) is 3.56. The standard InChI is InChI=1S/C10H9ClN2O5/c1-2-18-10(15)8(14)5-6-7(13(16)17)3-4-9(11)12-6/h3-4H,2,5H2,1H3. The lowest BCUT2D eigenvalue weighted by atomic mass is 10.2. The molecule has 1 aromatic rings. The first-order chi connectivity index (χ1) is 8.45. The van der Waals surface area contributed by atoms with Crippen LogP contribution in [0.3, 0.4) is 0 Å². The summed E-state index contributed by atoms with van der Waals surface area (Å²) >= 11 is 5.58. The van der Waals surface area contributed by atoms with Crippen molar-refractivity contribution in [2.24, 2.45) is 0 Å². The van der Waals surface area contributed by atoms with Crippen LogP contribution in [0.1, 0.15) is 12.6 Å². The number of Topliss-reactive ketones (excluding diaryl/α,β-unsaturated/α-hetero) is 1. The van der Waals surface area contributed by atoms with E-state index in [0.717, 1.165) is 6.07 Å². The Labute approximate surface area is 107 Å². The molecule has 0 N–H and O–H groups in total. The van der Waals surface area contributed by atoms with Crippen LogP contribution in [0.2, 0.25) is 5.15 Å². The number of hydrogen-bond donors (Lipinski definition) is 0. The lowest BCUT2D eigenvalue weighted by Gasteiger charge is -2.02. The quantitative estimate of drug-likeness (QED) is 0.263. The number of nitrogens with zero attached hydrogens (tertiary/aromatic N) is 2. The summed E-state index contributed by atoms with van der Waals surface area (Å²) in [5, 5.41) is 10.7. The molecule has 18 heavy (non-hydrogen) atoms. The normalized spacial score (nSPS) is 9.89. The first kappa shape index (κ1) is 14.0. The van der Waals surface area contributed by atoms with Crippen molar-refractivity contribution in [3.05, 3.63) is 33.1 Å². The molecule has 0 amide bonds. The molecule has 7 nitrogen and oxygen atoms in total. The van der Waals surface area contributed by atoms with Crippen molar-refractivity contribution in [1.29, 1.82) is 0 Å². The van der Waals surface area contributed by atoms with Crippen molar-refractivity contribution < 1.29 is 19.2 Å². The third-order valence-corrected chi connectivity index (χ3v) is 2.15. The summed E-state index contributed by atoms with van der Waals surface area (Å²) in [5.41, 5.74) is -0.525. The highest BCUT2D eigenvalue weighted by molar-refractivity contribution is 6.34. The van der Waals surface area contributed by atoms with E-state index in [4.69, 9.17) is 11.6 Å². The van der Waals surface area contributed by atoms with Crippen LogP contribution in [-0.4, -0.2) is 28.3 Å². The van der Waals surface area contributed by atoms with Crippen LogP contribution in [0.15, 0.2) is 12.1 Å². The van der Waals surface area contributed by atoms with Crippen LogP contribution in [0.4, 0.5) is 5.69 Å². The van der Waals surface area contributed by atoms with Crippen molar-refractivity contribution in [3.63, 3.8) is 0 Å². The maximum atomic E-state index is 11.4. The minimum absolute atomic E-state index is 0.00672. The van der Waals surface area contributed by atoms with Crippen LogP contribution in [-0.2, 0) is 20.7 Å². The van der Waals surface area contributed by atoms with Crippen molar-refractivity contribution in [1.82, 2.24) is 4.98 Å². The van der Waals surface area contributed by atoms with Crippen molar-refractivity contribution in [2.75, 3.05) is 6.61 Å². The molecule has 0 saturated heterocycles. The first-order valence-electron chi connectivity index (χ1n) is 4.95. The molecule has 8 heteroatoms. The number of hydrogen-bond acceptors (Lipinski definition) is 6. The largest absolute Gasteiger partial charge is 0.460 e. The highest BCUT2D eigenvalue weighted by atomic mass is 35.5. The summed E-state index contributed by atoms with van der Waals surface area (Å²) in [6.45, 7) is 1.60. The third-order valence-electron chi connectivity index (χ3n) is 1.94. The van der Waals surface area contributed by atoms with Crippen molar-refractivity contribution in [2.45, 2.75) is 13.3 Å². The molecule has 0 bridgehead atoms. The van der Waals surface area contributed by atoms with Crippen molar-refractivity contribution in [3.8, 4) is 0 Å². The number of rotatable bonds is 5. The van der Waals surface area contributed by atoms with Gasteiger partial charge in [-0.2, -0.15) is 0 Å². The highest BCUT2D eigenvalue weighted by Gasteiger charge is 2.23. The number of carbonyl (C=O) groups is 2. The molecule has 0 aromatic carbocycles. The molecule has 0 aliphatic rings. The smallest absolute Gasteiger partial charge is 0.375 e. The Bertz CT molecular complexity index is 503. The number of pyridine rings is 1. The number of halogens is 1. The zero-order valence-corrected chi connectivity index (χ0v) is 10.1. The summed E-state index contributed by atoms with van der Waals surface area (Å²) < 4.78 is 4.49. The van der Waals surface area contributed by atoms with E-state index in [0.29, 0.717) is 0 Å². The predicted octanol–water partition coefficient (Wildman–Crippen LogP) is 1.32. The fraction of sp³-hybridized carbons (Fsp3) is 0.300. The van der Waals surface area contributed by atoms with E-state index in [1.807, 2.05) is 0 Å². The van der Waals surface area contributed by atoms with Gasteiger partial charge in [0.15, 0.2) is 0 Å². The Balaban J connectivity index is 2.96. The molecular weight excluding hydrogens is 264 g/mol. The van der Waals surface area contributed by atoms with Gasteiger partial charge in [-0.1, -0.05) is 11.6 Å². The molecule has 1 heterocycles. The average Bonchev–Trinajstić information content (AvgIpc) is 2.28. The Morgan fingerprint density at radius 3 is 2.72 bits per heavy atom. The van der Waals surface area contributed by atoms with E-state index in [-0.39, 0.29) is 23.1 Å². The van der Waals surface area contributed by atoms with Crippen LogP contribution in [0.25, 0.3) is 0 Å². The Morgan fingerprint density at radius 1 is 1.50 bits per heavy atom. The molecule has 0 spiro atoms. The monoisotopic (exact) mass is 272 g/mol. The lowest BCUT2D eigenvalue weighted by molar-refractivity contribution is -0.385. The summed E-state index contributed by atoms with van der Waals surface area (Å²) in [7, 11) is 0. The van der Waals surface area contributed by atoms with Gasteiger partial charge in [0.25, 0.3) is 5.69 Å². The number of nitro groups is 1. The molecule has 0 unspecified atom stereocenters. The Kier molecular flexibility index (Phi) is 4.73. The molecule has 0 aliphatic carbocycles. The maximum absolute atomic E-state index is 11.4. The Hall–Kier alpha value is -2.02. The van der Waals surface area contributed by atoms with Crippen LogP contribution >= 0.6 is 11.6 Å². The van der Waals surface area contributed by atoms with Crippen LogP contribution < -0.4 is 0 Å². The maximum Gasteiger partial charge on any atom is 0.375 e. The lowest BCUT2D eigenvalue weighted by Crippen LogP contribution is -2.20. The van der Waals surface area contributed by atoms with Gasteiger partial charge in [-0.15, -0.1) is 0 Å². The van der Waals surface area contributed by atoms with E-state index in [9.17, 15) is 19.7 Å². The van der Waals surface area contributed by atoms with Gasteiger partial charge in [0, 0.05) is 6.07 Å². The van der Waals surface area contributed by atoms with E-state index in [1.54, 1.807) is 6.92 Å². The molecule has 1 aromatic heterocycles. The van der Waals surface area contributed by atoms with Gasteiger partial charge in [-0.3, -0.25) is 14.9 Å². The van der Waals surface area contributed by atoms with E-state index in [1.165, 1.54) is 6.07 Å². The van der Waals surface area contributed by atoms with Gasteiger partial charge < -0.3 is 4.74 Å². The number of esters is 1. The van der Waals surface area contributed by atoms with E-state index in [2.05, 4.69) is 9.72 Å². The minimum atomic E-state index is -1.05. The number of carbonyl (C=O) groups excluding carboxylic acids is 2. The molecule has 96 valence electrons. The molecular formula is C10H9ClN2O5. The van der Waals surface area contributed by atoms with Gasteiger partial charge in [0.1, 0.15) is 10.8 Å². The molecule has 0 atom stereocenters. The second-order valence-electron chi connectivity index (χ2n) is 3.18. The molecule has 1 rings (SSSR count). The van der Waals surface area contributed by atoms with Crippen LogP contribution in [0.5, 0.6) is 0 Å². The van der Waals surface area contributed by atoms with E-state index < -0.39 is 23.1 Å². The molecule has 0 saturated carbocycles. The van der Waals surface area contributed by atoms with Crippen molar-refractivity contribution >= 4 is 29.0 Å². The van der Waals surface area contributed by atoms with Crippen LogP contribution in [0, 0.1) is 10.1 Å². The SMILES string of the molecule is CCOC(=O)C(=O)Cc1nc(Cl)ccc1[N+](=O)[O-]. The summed E-state index contributed by atoms with van der Waals surface area (Å²) in [4.78, 5) is 36.2. The molecule has 0 aliphatic heterocycles. The zero-order valence-electron chi connectivity index (χ0n) is 9.38. The van der Waals surface area contributed by atoms with Gasteiger partial charge in [-0.25, -0.2) is 9.78 Å².